The van der Waals surface area contributed by atoms with Gasteiger partial charge in [-0.05, 0) is 31.4 Å². The molecular formula is C22H39NO3. The molecule has 1 aromatic carbocycles. The minimum Gasteiger partial charge on any atom is -0.491 e. The van der Waals surface area contributed by atoms with Crippen LogP contribution in [0.5, 0.6) is 5.75 Å². The quantitative estimate of drug-likeness (QED) is 0.447. The molecule has 0 radical (unpaired) electrons. The van der Waals surface area contributed by atoms with Gasteiger partial charge < -0.3 is 14.0 Å². The highest BCUT2D eigenvalue weighted by molar-refractivity contribution is 5.20. The Kier molecular flexibility index (Phi) is 23.6. The standard InChI is InChI=1S/C16H21NO3.3C2H6/c1-4-8-16(9-5-1)19-14-13-18-11-6-2-3-7-15-10-12-20-17-15;3*1-2/h1,4-5,8-10,12H,2-3,6-7,11,13-14H2;3*1-2H3. The molecule has 0 aliphatic carbocycles. The molecule has 4 heteroatoms. The maximum Gasteiger partial charge on any atom is 0.124 e. The molecule has 0 N–H and O–H groups in total. The van der Waals surface area contributed by atoms with Crippen molar-refractivity contribution in [2.75, 3.05) is 19.8 Å². The fourth-order valence-corrected chi connectivity index (χ4v) is 1.89. The molecule has 150 valence electrons. The van der Waals surface area contributed by atoms with Gasteiger partial charge in [-0.15, -0.1) is 0 Å². The zero-order chi connectivity index (χ0) is 19.9. The minimum atomic E-state index is 0.600. The summed E-state index contributed by atoms with van der Waals surface area (Å²) in [5.74, 6) is 0.892. The number of para-hydroxylation sites is 1. The van der Waals surface area contributed by atoms with E-state index < -0.39 is 0 Å². The normalized spacial score (nSPS) is 8.85. The Morgan fingerprint density at radius 2 is 1.46 bits per heavy atom. The van der Waals surface area contributed by atoms with Gasteiger partial charge in [0.1, 0.15) is 18.6 Å². The van der Waals surface area contributed by atoms with Crippen LogP contribution in [0.3, 0.4) is 0 Å². The molecule has 0 saturated heterocycles. The number of ether oxygens (including phenoxy) is 2. The van der Waals surface area contributed by atoms with Gasteiger partial charge in [-0.3, -0.25) is 0 Å². The van der Waals surface area contributed by atoms with Gasteiger partial charge >= 0.3 is 0 Å². The predicted molar refractivity (Wildman–Crippen MR) is 111 cm³/mol. The Balaban J connectivity index is 0. The van der Waals surface area contributed by atoms with Gasteiger partial charge in [0.2, 0.25) is 0 Å². The molecule has 0 bridgehead atoms. The van der Waals surface area contributed by atoms with E-state index in [0.29, 0.717) is 13.2 Å². The van der Waals surface area contributed by atoms with Crippen LogP contribution in [-0.2, 0) is 11.2 Å². The fraction of sp³-hybridized carbons (Fsp3) is 0.591. The van der Waals surface area contributed by atoms with Crippen LogP contribution in [0.4, 0.5) is 0 Å². The molecule has 0 unspecified atom stereocenters. The van der Waals surface area contributed by atoms with E-state index in [4.69, 9.17) is 14.0 Å². The third-order valence-electron chi connectivity index (χ3n) is 2.95. The van der Waals surface area contributed by atoms with E-state index in [1.54, 1.807) is 6.26 Å². The first-order valence-electron chi connectivity index (χ1n) is 10.1. The molecule has 2 aromatic rings. The summed E-state index contributed by atoms with van der Waals surface area (Å²) >= 11 is 0. The Labute approximate surface area is 160 Å². The molecule has 0 amide bonds. The Hall–Kier alpha value is -1.81. The van der Waals surface area contributed by atoms with Crippen LogP contribution in [0.25, 0.3) is 0 Å². The summed E-state index contributed by atoms with van der Waals surface area (Å²) in [5.41, 5.74) is 1.03. The van der Waals surface area contributed by atoms with Crippen molar-refractivity contribution in [3.8, 4) is 5.75 Å². The number of unbranched alkanes of at least 4 members (excludes halogenated alkanes) is 2. The van der Waals surface area contributed by atoms with Crippen LogP contribution < -0.4 is 4.74 Å². The van der Waals surface area contributed by atoms with Gasteiger partial charge in [-0.25, -0.2) is 0 Å². The number of aromatic nitrogens is 1. The summed E-state index contributed by atoms with van der Waals surface area (Å²) in [5, 5.41) is 3.88. The SMILES string of the molecule is CC.CC.CC.c1ccc(OCCOCCCCCc2ccon2)cc1. The number of hydrogen-bond acceptors (Lipinski definition) is 4. The fourth-order valence-electron chi connectivity index (χ4n) is 1.89. The summed E-state index contributed by atoms with van der Waals surface area (Å²) in [6.45, 7) is 14.0. The van der Waals surface area contributed by atoms with Crippen molar-refractivity contribution in [3.05, 3.63) is 48.4 Å². The molecule has 0 fully saturated rings. The Morgan fingerprint density at radius 3 is 2.08 bits per heavy atom. The zero-order valence-corrected chi connectivity index (χ0v) is 17.7. The van der Waals surface area contributed by atoms with Crippen molar-refractivity contribution in [2.24, 2.45) is 0 Å². The lowest BCUT2D eigenvalue weighted by Crippen LogP contribution is -2.07. The molecule has 0 aliphatic heterocycles. The summed E-state index contributed by atoms with van der Waals surface area (Å²) < 4.78 is 15.9. The van der Waals surface area contributed by atoms with Gasteiger partial charge in [0.05, 0.1) is 12.3 Å². The monoisotopic (exact) mass is 365 g/mol. The summed E-state index contributed by atoms with van der Waals surface area (Å²) in [4.78, 5) is 0. The zero-order valence-electron chi connectivity index (χ0n) is 17.7. The number of rotatable bonds is 10. The second-order valence-electron chi connectivity index (χ2n) is 4.58. The van der Waals surface area contributed by atoms with Crippen LogP contribution in [0.15, 0.2) is 47.2 Å². The lowest BCUT2D eigenvalue weighted by Gasteiger charge is -2.06. The van der Waals surface area contributed by atoms with Crippen molar-refractivity contribution in [1.29, 1.82) is 0 Å². The van der Waals surface area contributed by atoms with E-state index in [1.165, 1.54) is 0 Å². The van der Waals surface area contributed by atoms with E-state index >= 15 is 0 Å². The average molecular weight is 366 g/mol. The molecule has 2 rings (SSSR count). The number of aryl methyl sites for hydroxylation is 1. The summed E-state index contributed by atoms with van der Waals surface area (Å²) in [6, 6.07) is 11.7. The second kappa shape index (κ2) is 23.2. The number of hydrogen-bond donors (Lipinski definition) is 0. The number of nitrogens with zero attached hydrogens (tertiary/aromatic N) is 1. The first kappa shape index (κ1) is 26.4. The van der Waals surface area contributed by atoms with E-state index in [0.717, 1.165) is 43.7 Å². The smallest absolute Gasteiger partial charge is 0.124 e. The van der Waals surface area contributed by atoms with Crippen molar-refractivity contribution < 1.29 is 14.0 Å². The Morgan fingerprint density at radius 1 is 0.769 bits per heavy atom. The highest BCUT2D eigenvalue weighted by Gasteiger charge is 1.97. The molecule has 0 atom stereocenters. The molecule has 0 spiro atoms. The van der Waals surface area contributed by atoms with Gasteiger partial charge in [-0.1, -0.05) is 71.3 Å². The van der Waals surface area contributed by atoms with Gasteiger partial charge in [0, 0.05) is 12.7 Å². The molecule has 4 nitrogen and oxygen atoms in total. The van der Waals surface area contributed by atoms with Crippen molar-refractivity contribution in [2.45, 2.75) is 67.2 Å². The molecule has 0 aliphatic rings. The van der Waals surface area contributed by atoms with Crippen molar-refractivity contribution in [1.82, 2.24) is 5.16 Å². The predicted octanol–water partition coefficient (Wildman–Crippen LogP) is 6.56. The maximum absolute atomic E-state index is 5.54. The molecule has 26 heavy (non-hydrogen) atoms. The highest BCUT2D eigenvalue weighted by atomic mass is 16.5. The lowest BCUT2D eigenvalue weighted by molar-refractivity contribution is 0.0971. The third-order valence-corrected chi connectivity index (χ3v) is 2.95. The molecular weight excluding hydrogens is 326 g/mol. The largest absolute Gasteiger partial charge is 0.491 e. The first-order chi connectivity index (χ1) is 12.9. The maximum atomic E-state index is 5.54. The summed E-state index contributed by atoms with van der Waals surface area (Å²) in [7, 11) is 0. The Bertz CT molecular complexity index is 444. The van der Waals surface area contributed by atoms with E-state index in [-0.39, 0.29) is 0 Å². The van der Waals surface area contributed by atoms with Crippen LogP contribution in [-0.4, -0.2) is 25.0 Å². The van der Waals surface area contributed by atoms with Crippen molar-refractivity contribution >= 4 is 0 Å². The van der Waals surface area contributed by atoms with Crippen LogP contribution in [0.2, 0.25) is 0 Å². The van der Waals surface area contributed by atoms with Gasteiger partial charge in [-0.2, -0.15) is 0 Å². The molecule has 0 saturated carbocycles. The minimum absolute atomic E-state index is 0.600. The van der Waals surface area contributed by atoms with Crippen LogP contribution in [0.1, 0.15) is 66.5 Å². The van der Waals surface area contributed by atoms with Gasteiger partial charge in [0.15, 0.2) is 0 Å². The topological polar surface area (TPSA) is 44.5 Å². The molecule has 1 aromatic heterocycles. The summed E-state index contributed by atoms with van der Waals surface area (Å²) in [6.07, 6.45) is 5.94. The average Bonchev–Trinajstić information content (AvgIpc) is 3.26. The van der Waals surface area contributed by atoms with E-state index in [1.807, 2.05) is 77.9 Å². The third kappa shape index (κ3) is 15.7. The van der Waals surface area contributed by atoms with Gasteiger partial charge in [0.25, 0.3) is 0 Å². The van der Waals surface area contributed by atoms with Crippen molar-refractivity contribution in [3.63, 3.8) is 0 Å². The van der Waals surface area contributed by atoms with Crippen LogP contribution in [0, 0.1) is 0 Å². The first-order valence-corrected chi connectivity index (χ1v) is 10.1. The van der Waals surface area contributed by atoms with Crippen LogP contribution >= 0.6 is 0 Å². The molecule has 1 heterocycles. The van der Waals surface area contributed by atoms with E-state index in [9.17, 15) is 0 Å². The van der Waals surface area contributed by atoms with E-state index in [2.05, 4.69) is 5.16 Å². The highest BCUT2D eigenvalue weighted by Crippen LogP contribution is 2.08. The second-order valence-corrected chi connectivity index (χ2v) is 4.58. The lowest BCUT2D eigenvalue weighted by atomic mass is 10.1. The number of benzene rings is 1.